The van der Waals surface area contributed by atoms with Crippen LogP contribution in [0.2, 0.25) is 0 Å². The first-order valence-electron chi connectivity index (χ1n) is 31.3. The highest BCUT2D eigenvalue weighted by Gasteiger charge is 2.19. The first-order chi connectivity index (χ1) is 35.5. The summed E-state index contributed by atoms with van der Waals surface area (Å²) in [7, 11) is 0. The number of hydrogen-bond acceptors (Lipinski definition) is 6. The number of hydrogen-bond donors (Lipinski definition) is 0. The van der Waals surface area contributed by atoms with E-state index in [9.17, 15) is 14.4 Å². The zero-order valence-corrected chi connectivity index (χ0v) is 47.9. The van der Waals surface area contributed by atoms with Crippen molar-refractivity contribution in [1.29, 1.82) is 0 Å². The number of allylic oxidation sites excluding steroid dienone is 10. The first kappa shape index (κ1) is 69.1. The summed E-state index contributed by atoms with van der Waals surface area (Å²) < 4.78 is 16.9. The quantitative estimate of drug-likeness (QED) is 0.0261. The summed E-state index contributed by atoms with van der Waals surface area (Å²) >= 11 is 0. The number of unbranched alkanes of at least 4 members (excludes halogenated alkanes) is 36. The Hall–Kier alpha value is -2.89. The fraction of sp³-hybridized carbons (Fsp3) is 0.803. The molecule has 0 heterocycles. The molecule has 0 saturated carbocycles. The van der Waals surface area contributed by atoms with Gasteiger partial charge in [-0.05, 0) is 83.5 Å². The van der Waals surface area contributed by atoms with E-state index < -0.39 is 6.10 Å². The van der Waals surface area contributed by atoms with E-state index in [0.717, 1.165) is 103 Å². The summed E-state index contributed by atoms with van der Waals surface area (Å²) in [6.07, 6.45) is 76.5. The minimum absolute atomic E-state index is 0.0839. The lowest BCUT2D eigenvalue weighted by Crippen LogP contribution is -2.30. The third-order valence-corrected chi connectivity index (χ3v) is 13.8. The van der Waals surface area contributed by atoms with Crippen molar-refractivity contribution in [3.8, 4) is 0 Å². The van der Waals surface area contributed by atoms with Crippen LogP contribution in [-0.4, -0.2) is 37.2 Å². The summed E-state index contributed by atoms with van der Waals surface area (Å²) in [6.45, 7) is 6.54. The highest BCUT2D eigenvalue weighted by Crippen LogP contribution is 2.17. The van der Waals surface area contributed by atoms with Gasteiger partial charge in [0.25, 0.3) is 0 Å². The normalized spacial score (nSPS) is 12.4. The van der Waals surface area contributed by atoms with Crippen LogP contribution >= 0.6 is 0 Å². The van der Waals surface area contributed by atoms with E-state index in [1.807, 2.05) is 0 Å². The van der Waals surface area contributed by atoms with E-state index in [0.29, 0.717) is 19.3 Å². The molecule has 0 rings (SSSR count). The Balaban J connectivity index is 4.35. The molecule has 0 N–H and O–H groups in total. The van der Waals surface area contributed by atoms with E-state index in [4.69, 9.17) is 14.2 Å². The van der Waals surface area contributed by atoms with Gasteiger partial charge in [0.2, 0.25) is 0 Å². The molecule has 1 unspecified atom stereocenters. The van der Waals surface area contributed by atoms with Gasteiger partial charge in [-0.3, -0.25) is 14.4 Å². The molecule has 0 amide bonds. The molecule has 0 aliphatic carbocycles. The average molecular weight is 1010 g/mol. The van der Waals surface area contributed by atoms with E-state index >= 15 is 0 Å². The minimum Gasteiger partial charge on any atom is -0.462 e. The predicted molar refractivity (Wildman–Crippen MR) is 312 cm³/mol. The molecule has 1 atom stereocenters. The van der Waals surface area contributed by atoms with Crippen molar-refractivity contribution in [3.63, 3.8) is 0 Å². The summed E-state index contributed by atoms with van der Waals surface area (Å²) in [6, 6.07) is 0. The molecule has 0 bridgehead atoms. The molecule has 0 aliphatic rings. The van der Waals surface area contributed by atoms with Crippen LogP contribution in [0, 0.1) is 0 Å². The van der Waals surface area contributed by atoms with Crippen LogP contribution in [0.25, 0.3) is 0 Å². The van der Waals surface area contributed by atoms with E-state index in [1.54, 1.807) is 0 Å². The fourth-order valence-corrected chi connectivity index (χ4v) is 9.08. The van der Waals surface area contributed by atoms with Gasteiger partial charge in [-0.15, -0.1) is 0 Å². The molecule has 72 heavy (non-hydrogen) atoms. The number of rotatable bonds is 57. The van der Waals surface area contributed by atoms with Crippen LogP contribution in [0.1, 0.15) is 323 Å². The highest BCUT2D eigenvalue weighted by molar-refractivity contribution is 5.71. The van der Waals surface area contributed by atoms with Crippen LogP contribution in [0.3, 0.4) is 0 Å². The van der Waals surface area contributed by atoms with Gasteiger partial charge < -0.3 is 14.2 Å². The van der Waals surface area contributed by atoms with Crippen molar-refractivity contribution >= 4 is 17.9 Å². The first-order valence-corrected chi connectivity index (χ1v) is 31.3. The van der Waals surface area contributed by atoms with Gasteiger partial charge in [0.05, 0.1) is 0 Å². The molecule has 0 spiro atoms. The fourth-order valence-electron chi connectivity index (χ4n) is 9.08. The van der Waals surface area contributed by atoms with E-state index in [-0.39, 0.29) is 31.1 Å². The Kier molecular flexibility index (Phi) is 58.2. The Labute approximate surface area is 447 Å². The Morgan fingerprint density at radius 1 is 0.292 bits per heavy atom. The monoisotopic (exact) mass is 1010 g/mol. The van der Waals surface area contributed by atoms with E-state index in [1.165, 1.54) is 180 Å². The molecule has 0 radical (unpaired) electrons. The second-order valence-corrected chi connectivity index (χ2v) is 20.9. The van der Waals surface area contributed by atoms with Crippen LogP contribution in [0.5, 0.6) is 0 Å². The SMILES string of the molecule is CC/C=C\C/C=C\C/C=C\C/C=C\CCCCCCC(=O)OC(COC(=O)CCCCCCC/C=C\CCCCCCCC)COC(=O)CCCCCCCCCCCCCCCCCCCCCCCC. The largest absolute Gasteiger partial charge is 0.462 e. The van der Waals surface area contributed by atoms with Crippen molar-refractivity contribution < 1.29 is 28.6 Å². The molecule has 418 valence electrons. The zero-order chi connectivity index (χ0) is 52.2. The summed E-state index contributed by atoms with van der Waals surface area (Å²) in [5.41, 5.74) is 0. The number of carbonyl (C=O) groups is 3. The third-order valence-electron chi connectivity index (χ3n) is 13.8. The molecule has 6 heteroatoms. The Morgan fingerprint density at radius 2 is 0.542 bits per heavy atom. The molecule has 0 fully saturated rings. The number of carbonyl (C=O) groups excluding carboxylic acids is 3. The molecule has 0 aromatic heterocycles. The summed E-state index contributed by atoms with van der Waals surface area (Å²) in [5, 5.41) is 0. The predicted octanol–water partition coefficient (Wildman–Crippen LogP) is 21.2. The second-order valence-electron chi connectivity index (χ2n) is 20.9. The van der Waals surface area contributed by atoms with Gasteiger partial charge in [-0.25, -0.2) is 0 Å². The lowest BCUT2D eigenvalue weighted by Gasteiger charge is -2.18. The van der Waals surface area contributed by atoms with Crippen molar-refractivity contribution in [2.45, 2.75) is 329 Å². The molecular weight excluding hydrogens is 889 g/mol. The molecular formula is C66H118O6. The van der Waals surface area contributed by atoms with Crippen LogP contribution in [0.4, 0.5) is 0 Å². The number of ether oxygens (including phenoxy) is 3. The highest BCUT2D eigenvalue weighted by atomic mass is 16.6. The summed E-state index contributed by atoms with van der Waals surface area (Å²) in [4.78, 5) is 38.3. The molecule has 0 aromatic carbocycles. The summed E-state index contributed by atoms with van der Waals surface area (Å²) in [5.74, 6) is -0.900. The van der Waals surface area contributed by atoms with Crippen molar-refractivity contribution in [2.24, 2.45) is 0 Å². The average Bonchev–Trinajstić information content (AvgIpc) is 3.38. The van der Waals surface area contributed by atoms with Gasteiger partial charge in [-0.2, -0.15) is 0 Å². The van der Waals surface area contributed by atoms with Crippen LogP contribution in [0.15, 0.2) is 60.8 Å². The van der Waals surface area contributed by atoms with Crippen molar-refractivity contribution in [1.82, 2.24) is 0 Å². The zero-order valence-electron chi connectivity index (χ0n) is 47.9. The van der Waals surface area contributed by atoms with Gasteiger partial charge in [0.15, 0.2) is 6.10 Å². The minimum atomic E-state index is -0.790. The second kappa shape index (κ2) is 60.7. The number of esters is 3. The van der Waals surface area contributed by atoms with Crippen LogP contribution < -0.4 is 0 Å². The Morgan fingerprint density at radius 3 is 0.861 bits per heavy atom. The van der Waals surface area contributed by atoms with Gasteiger partial charge in [0.1, 0.15) is 13.2 Å². The standard InChI is InChI=1S/C66H118O6/c1-4-7-10-13-16-19-22-25-28-30-31-32-33-34-36-38-41-44-47-50-53-56-59-65(68)71-62-63(61-70-64(67)58-55-52-49-46-43-40-37-27-24-21-18-15-12-9-6-3)72-66(69)60-57-54-51-48-45-42-39-35-29-26-23-20-17-14-11-8-5-2/h8,11,17,20,26-27,29,37,39,42,63H,4-7,9-10,12-16,18-19,21-25,28,30-36,38,40-41,43-62H2,1-3H3/b11-8-,20-17-,29-26-,37-27-,42-39-. The van der Waals surface area contributed by atoms with Gasteiger partial charge in [0, 0.05) is 19.3 Å². The van der Waals surface area contributed by atoms with Crippen molar-refractivity contribution in [3.05, 3.63) is 60.8 Å². The van der Waals surface area contributed by atoms with Gasteiger partial charge in [-0.1, -0.05) is 281 Å². The molecule has 0 aliphatic heterocycles. The van der Waals surface area contributed by atoms with Crippen molar-refractivity contribution in [2.75, 3.05) is 13.2 Å². The van der Waals surface area contributed by atoms with Crippen LogP contribution in [-0.2, 0) is 28.6 Å². The maximum atomic E-state index is 12.9. The Bertz CT molecular complexity index is 1290. The lowest BCUT2D eigenvalue weighted by atomic mass is 10.0. The van der Waals surface area contributed by atoms with Gasteiger partial charge >= 0.3 is 17.9 Å². The molecule has 0 aromatic rings. The smallest absolute Gasteiger partial charge is 0.306 e. The van der Waals surface area contributed by atoms with E-state index in [2.05, 4.69) is 81.5 Å². The third kappa shape index (κ3) is 58.0. The topological polar surface area (TPSA) is 78.9 Å². The maximum Gasteiger partial charge on any atom is 0.306 e. The molecule has 0 saturated heterocycles. The molecule has 6 nitrogen and oxygen atoms in total. The lowest BCUT2D eigenvalue weighted by molar-refractivity contribution is -0.167. The maximum absolute atomic E-state index is 12.9.